The molecule has 0 radical (unpaired) electrons. The Balaban J connectivity index is 1.53. The molecule has 0 unspecified atom stereocenters. The van der Waals surface area contributed by atoms with E-state index in [4.69, 9.17) is 20.9 Å². The number of nitrogens with zero attached hydrogens (tertiary/aromatic N) is 2. The van der Waals surface area contributed by atoms with E-state index in [0.717, 1.165) is 5.41 Å². The lowest BCUT2D eigenvalue weighted by Crippen LogP contribution is -2.30. The van der Waals surface area contributed by atoms with E-state index in [1.54, 1.807) is 31.2 Å². The molecule has 0 bridgehead atoms. The van der Waals surface area contributed by atoms with Crippen LogP contribution in [0.5, 0.6) is 0 Å². The molecule has 25 heavy (non-hydrogen) atoms. The number of aromatic nitrogens is 2. The van der Waals surface area contributed by atoms with Gasteiger partial charge in [0.15, 0.2) is 5.82 Å². The summed E-state index contributed by atoms with van der Waals surface area (Å²) in [5, 5.41) is 5.32. The highest BCUT2D eigenvalue weighted by atomic mass is 35.5. The molecule has 2 atom stereocenters. The van der Waals surface area contributed by atoms with Crippen LogP contribution in [-0.4, -0.2) is 31.2 Å². The van der Waals surface area contributed by atoms with Crippen LogP contribution in [0.15, 0.2) is 34.2 Å². The van der Waals surface area contributed by atoms with E-state index in [-0.39, 0.29) is 18.8 Å². The van der Waals surface area contributed by atoms with Gasteiger partial charge in [0.2, 0.25) is 10.0 Å². The van der Waals surface area contributed by atoms with Crippen LogP contribution in [0.1, 0.15) is 36.2 Å². The van der Waals surface area contributed by atoms with Crippen LogP contribution < -0.4 is 4.72 Å². The Morgan fingerprint density at radius 3 is 2.88 bits per heavy atom. The molecular formula is C16H18ClN3O4S. The Kier molecular flexibility index (Phi) is 5.53. The predicted octanol–water partition coefficient (Wildman–Crippen LogP) is 2.84. The van der Waals surface area contributed by atoms with Gasteiger partial charge in [0.05, 0.1) is 6.10 Å². The summed E-state index contributed by atoms with van der Waals surface area (Å²) in [6.45, 7) is 1.91. The lowest BCUT2D eigenvalue weighted by Gasteiger charge is -2.11. The lowest BCUT2D eigenvalue weighted by molar-refractivity contribution is 0.0290. The first-order valence-electron chi connectivity index (χ1n) is 7.81. The van der Waals surface area contributed by atoms with Gasteiger partial charge in [0.25, 0.3) is 5.89 Å². The summed E-state index contributed by atoms with van der Waals surface area (Å²) < 4.78 is 37.6. The predicted molar refractivity (Wildman–Crippen MR) is 93.3 cm³/mol. The van der Waals surface area contributed by atoms with Crippen LogP contribution >= 0.6 is 11.6 Å². The van der Waals surface area contributed by atoms with E-state index < -0.39 is 10.0 Å². The summed E-state index contributed by atoms with van der Waals surface area (Å²) >= 11 is 6.00. The molecule has 1 fully saturated rings. The van der Waals surface area contributed by atoms with Crippen molar-refractivity contribution in [2.75, 3.05) is 6.54 Å². The highest BCUT2D eigenvalue weighted by molar-refractivity contribution is 7.92. The van der Waals surface area contributed by atoms with Crippen molar-refractivity contribution in [3.05, 3.63) is 52.0 Å². The molecule has 2 heterocycles. The monoisotopic (exact) mass is 383 g/mol. The smallest absolute Gasteiger partial charge is 0.255 e. The molecule has 134 valence electrons. The molecule has 7 nitrogen and oxygen atoms in total. The SMILES string of the molecule is Cc1noc([C@@H]2CC[C@H](CNS(=O)(=O)/C=C/c3ccccc3Cl)O2)n1. The summed E-state index contributed by atoms with van der Waals surface area (Å²) in [5.41, 5.74) is 0.637. The molecule has 1 N–H and O–H groups in total. The first-order chi connectivity index (χ1) is 11.9. The zero-order valence-electron chi connectivity index (χ0n) is 13.6. The maximum atomic E-state index is 12.1. The maximum absolute atomic E-state index is 12.1. The van der Waals surface area contributed by atoms with Gasteiger partial charge in [-0.05, 0) is 37.5 Å². The molecule has 2 aromatic rings. The van der Waals surface area contributed by atoms with E-state index >= 15 is 0 Å². The van der Waals surface area contributed by atoms with Gasteiger partial charge in [0, 0.05) is 17.0 Å². The third-order valence-corrected chi connectivity index (χ3v) is 5.18. The Hall–Kier alpha value is -1.74. The van der Waals surface area contributed by atoms with Crippen molar-refractivity contribution in [2.45, 2.75) is 32.0 Å². The van der Waals surface area contributed by atoms with Crippen molar-refractivity contribution in [3.8, 4) is 0 Å². The van der Waals surface area contributed by atoms with Crippen molar-refractivity contribution >= 4 is 27.7 Å². The first-order valence-corrected chi connectivity index (χ1v) is 9.73. The molecule has 1 saturated heterocycles. The molecule has 1 aromatic carbocycles. The fraction of sp³-hybridized carbons (Fsp3) is 0.375. The second-order valence-electron chi connectivity index (χ2n) is 5.72. The van der Waals surface area contributed by atoms with E-state index in [9.17, 15) is 8.42 Å². The number of halogens is 1. The summed E-state index contributed by atoms with van der Waals surface area (Å²) in [7, 11) is -3.58. The minimum absolute atomic E-state index is 0.179. The van der Waals surface area contributed by atoms with Crippen LogP contribution in [0.3, 0.4) is 0 Å². The van der Waals surface area contributed by atoms with Gasteiger partial charge in [-0.3, -0.25) is 0 Å². The standard InChI is InChI=1S/C16H18ClN3O4S/c1-11-19-16(24-20-11)15-7-6-13(23-15)10-18-25(21,22)9-8-12-4-2-3-5-14(12)17/h2-5,8-9,13,15,18H,6-7,10H2,1H3/b9-8+/t13-,15+/m1/s1. The van der Waals surface area contributed by atoms with Crippen LogP contribution in [0.4, 0.5) is 0 Å². The summed E-state index contributed by atoms with van der Waals surface area (Å²) in [6, 6.07) is 7.01. The van der Waals surface area contributed by atoms with Crippen molar-refractivity contribution in [1.29, 1.82) is 0 Å². The van der Waals surface area contributed by atoms with Crippen molar-refractivity contribution < 1.29 is 17.7 Å². The number of sulfonamides is 1. The summed E-state index contributed by atoms with van der Waals surface area (Å²) in [4.78, 5) is 4.14. The molecular weight excluding hydrogens is 366 g/mol. The maximum Gasteiger partial charge on any atom is 0.255 e. The normalized spacial score (nSPS) is 21.2. The van der Waals surface area contributed by atoms with Crippen molar-refractivity contribution in [2.24, 2.45) is 0 Å². The second-order valence-corrected chi connectivity index (χ2v) is 7.78. The van der Waals surface area contributed by atoms with Crippen LogP contribution in [-0.2, 0) is 14.8 Å². The third-order valence-electron chi connectivity index (χ3n) is 3.77. The molecule has 3 rings (SSSR count). The molecule has 0 saturated carbocycles. The quantitative estimate of drug-likeness (QED) is 0.824. The van der Waals surface area contributed by atoms with Crippen LogP contribution in [0.25, 0.3) is 6.08 Å². The van der Waals surface area contributed by atoms with Gasteiger partial charge in [-0.25, -0.2) is 13.1 Å². The van der Waals surface area contributed by atoms with E-state index in [1.807, 2.05) is 0 Å². The first kappa shape index (κ1) is 18.1. The zero-order valence-corrected chi connectivity index (χ0v) is 15.1. The van der Waals surface area contributed by atoms with Gasteiger partial charge in [0.1, 0.15) is 6.10 Å². The minimum Gasteiger partial charge on any atom is -0.364 e. The zero-order chi connectivity index (χ0) is 17.9. The Morgan fingerprint density at radius 2 is 2.16 bits per heavy atom. The largest absolute Gasteiger partial charge is 0.364 e. The molecule has 0 spiro atoms. The van der Waals surface area contributed by atoms with Crippen LogP contribution in [0.2, 0.25) is 5.02 Å². The fourth-order valence-corrected chi connectivity index (χ4v) is 3.55. The molecule has 1 aliphatic heterocycles. The third kappa shape index (κ3) is 4.88. The number of hydrogen-bond donors (Lipinski definition) is 1. The Labute approximate surface area is 151 Å². The molecule has 1 aromatic heterocycles. The van der Waals surface area contributed by atoms with Gasteiger partial charge < -0.3 is 9.26 Å². The van der Waals surface area contributed by atoms with E-state index in [2.05, 4.69) is 14.9 Å². The van der Waals surface area contributed by atoms with Crippen molar-refractivity contribution in [3.63, 3.8) is 0 Å². The number of aryl methyl sites for hydroxylation is 1. The second kappa shape index (κ2) is 7.65. The van der Waals surface area contributed by atoms with E-state index in [0.29, 0.717) is 35.1 Å². The minimum atomic E-state index is -3.58. The Bertz CT molecular complexity index is 866. The summed E-state index contributed by atoms with van der Waals surface area (Å²) in [6.07, 6.45) is 2.37. The highest BCUT2D eigenvalue weighted by Crippen LogP contribution is 2.31. The van der Waals surface area contributed by atoms with Gasteiger partial charge >= 0.3 is 0 Å². The van der Waals surface area contributed by atoms with E-state index in [1.165, 1.54) is 6.08 Å². The van der Waals surface area contributed by atoms with Gasteiger partial charge in [-0.1, -0.05) is 35.0 Å². The average molecular weight is 384 g/mol. The Morgan fingerprint density at radius 1 is 1.36 bits per heavy atom. The fourth-order valence-electron chi connectivity index (χ4n) is 2.51. The van der Waals surface area contributed by atoms with Crippen LogP contribution in [0, 0.1) is 6.92 Å². The number of ether oxygens (including phenoxy) is 1. The topological polar surface area (TPSA) is 94.3 Å². The molecule has 1 aliphatic rings. The average Bonchev–Trinajstić information content (AvgIpc) is 3.21. The summed E-state index contributed by atoms with van der Waals surface area (Å²) in [5.74, 6) is 0.980. The molecule has 0 amide bonds. The lowest BCUT2D eigenvalue weighted by atomic mass is 10.2. The number of benzene rings is 1. The number of nitrogens with one attached hydrogen (secondary N) is 1. The molecule has 9 heteroatoms. The van der Waals surface area contributed by atoms with Crippen molar-refractivity contribution in [1.82, 2.24) is 14.9 Å². The highest BCUT2D eigenvalue weighted by Gasteiger charge is 2.30. The van der Waals surface area contributed by atoms with Gasteiger partial charge in [-0.15, -0.1) is 0 Å². The van der Waals surface area contributed by atoms with Gasteiger partial charge in [-0.2, -0.15) is 4.98 Å². The number of hydrogen-bond acceptors (Lipinski definition) is 6. The number of rotatable bonds is 6. The molecule has 0 aliphatic carbocycles.